The minimum Gasteiger partial charge on any atom is -0.433 e. The zero-order chi connectivity index (χ0) is 30.1. The van der Waals surface area contributed by atoms with Gasteiger partial charge in [0.25, 0.3) is 5.91 Å². The van der Waals surface area contributed by atoms with Crippen LogP contribution >= 0.6 is 0 Å². The van der Waals surface area contributed by atoms with Crippen molar-refractivity contribution in [3.63, 3.8) is 0 Å². The Morgan fingerprint density at radius 1 is 0.953 bits per heavy atom. The molecular formula is C33H31N3O7. The Labute approximate surface area is 248 Å². The Hall–Kier alpha value is -4.83. The number of fused-ring (bicyclic) bond motifs is 3. The summed E-state index contributed by atoms with van der Waals surface area (Å²) >= 11 is 0. The number of nitrogens with one attached hydrogen (secondary N) is 2. The van der Waals surface area contributed by atoms with Crippen molar-refractivity contribution in [3.8, 4) is 11.1 Å². The van der Waals surface area contributed by atoms with E-state index in [0.717, 1.165) is 5.56 Å². The van der Waals surface area contributed by atoms with Gasteiger partial charge < -0.3 is 25.0 Å². The van der Waals surface area contributed by atoms with Gasteiger partial charge in [-0.3, -0.25) is 24.0 Å². The second-order valence-corrected chi connectivity index (χ2v) is 11.0. The van der Waals surface area contributed by atoms with E-state index < -0.39 is 48.1 Å². The number of ether oxygens (including phenoxy) is 2. The molecule has 43 heavy (non-hydrogen) atoms. The Bertz CT molecular complexity index is 1600. The maximum absolute atomic E-state index is 13.5. The summed E-state index contributed by atoms with van der Waals surface area (Å²) < 4.78 is 11.1. The number of cyclic esters (lactones) is 1. The van der Waals surface area contributed by atoms with Crippen LogP contribution in [-0.4, -0.2) is 65.3 Å². The van der Waals surface area contributed by atoms with Crippen LogP contribution in [0.25, 0.3) is 11.1 Å². The van der Waals surface area contributed by atoms with E-state index in [-0.39, 0.29) is 18.8 Å². The van der Waals surface area contributed by atoms with Gasteiger partial charge in [0.05, 0.1) is 13.0 Å². The lowest BCUT2D eigenvalue weighted by atomic mass is 9.98. The van der Waals surface area contributed by atoms with E-state index in [9.17, 15) is 24.0 Å². The maximum atomic E-state index is 13.5. The fourth-order valence-corrected chi connectivity index (χ4v) is 5.99. The van der Waals surface area contributed by atoms with Crippen molar-refractivity contribution in [2.75, 3.05) is 6.54 Å². The predicted octanol–water partition coefficient (Wildman–Crippen LogP) is 2.98. The number of likely N-dealkylation sites (tertiary alicyclic amines) is 1. The van der Waals surface area contributed by atoms with E-state index in [4.69, 9.17) is 9.47 Å². The first-order chi connectivity index (χ1) is 20.8. The quantitative estimate of drug-likeness (QED) is 0.306. The number of rotatable bonds is 8. The first-order valence-electron chi connectivity index (χ1n) is 14.4. The van der Waals surface area contributed by atoms with Gasteiger partial charge in [-0.2, -0.15) is 0 Å². The van der Waals surface area contributed by atoms with Crippen molar-refractivity contribution in [2.45, 2.75) is 57.2 Å². The van der Waals surface area contributed by atoms with Crippen LogP contribution in [0.3, 0.4) is 0 Å². The third-order valence-corrected chi connectivity index (χ3v) is 8.10. The third-order valence-electron chi connectivity index (χ3n) is 8.10. The molecule has 6 rings (SSSR count). The van der Waals surface area contributed by atoms with Gasteiger partial charge in [-0.25, -0.2) is 0 Å². The molecule has 2 saturated heterocycles. The predicted molar refractivity (Wildman–Crippen MR) is 155 cm³/mol. The summed E-state index contributed by atoms with van der Waals surface area (Å²) in [4.78, 5) is 66.6. The molecule has 3 aliphatic rings. The number of carbonyl (C=O) groups excluding carboxylic acids is 5. The van der Waals surface area contributed by atoms with E-state index in [1.165, 1.54) is 4.90 Å². The van der Waals surface area contributed by atoms with Crippen LogP contribution in [-0.2, 0) is 30.5 Å². The van der Waals surface area contributed by atoms with E-state index >= 15 is 0 Å². The molecule has 0 aromatic heterocycles. The van der Waals surface area contributed by atoms with Crippen molar-refractivity contribution in [2.24, 2.45) is 0 Å². The summed E-state index contributed by atoms with van der Waals surface area (Å²) in [7, 11) is 0. The topological polar surface area (TPSA) is 131 Å². The van der Waals surface area contributed by atoms with Crippen LogP contribution in [0, 0.1) is 0 Å². The molecule has 220 valence electrons. The summed E-state index contributed by atoms with van der Waals surface area (Å²) in [6.07, 6.45) is 0.0834. The highest BCUT2D eigenvalue weighted by atomic mass is 16.7. The summed E-state index contributed by atoms with van der Waals surface area (Å²) in [6.45, 7) is 2.14. The van der Waals surface area contributed by atoms with Crippen molar-refractivity contribution in [1.29, 1.82) is 0 Å². The average Bonchev–Trinajstić information content (AvgIpc) is 3.72. The number of esters is 1. The van der Waals surface area contributed by atoms with Crippen LogP contribution in [0.2, 0.25) is 0 Å². The first kappa shape index (κ1) is 28.3. The molecular weight excluding hydrogens is 550 g/mol. The molecule has 2 N–H and O–H groups in total. The number of ketones is 1. The lowest BCUT2D eigenvalue weighted by molar-refractivity contribution is -0.168. The molecule has 10 heteroatoms. The SMILES string of the molecule is C[C@H](NC(=O)c1cccc2c1-c1ccccc1C2=O)C(=O)N1CCC[C@H]1C(=O)NC1CC(=O)OC1OCc1ccccc1. The van der Waals surface area contributed by atoms with Crippen molar-refractivity contribution >= 4 is 29.5 Å². The highest BCUT2D eigenvalue weighted by molar-refractivity contribution is 6.24. The van der Waals surface area contributed by atoms with E-state index in [0.29, 0.717) is 47.2 Å². The van der Waals surface area contributed by atoms with E-state index in [1.54, 1.807) is 43.3 Å². The number of carbonyl (C=O) groups is 5. The first-order valence-corrected chi connectivity index (χ1v) is 14.4. The lowest BCUT2D eigenvalue weighted by Crippen LogP contribution is -2.54. The number of hydrogen-bond acceptors (Lipinski definition) is 7. The standard InChI is InChI=1S/C33H31N3O7/c1-19(34-30(39)24-14-7-13-23-28(24)21-11-5-6-12-22(21)29(23)38)32(41)36-16-8-15-26(36)31(40)35-25-17-27(37)43-33(25)42-18-20-9-3-2-4-10-20/h2-7,9-14,19,25-26,33H,8,15-18H2,1H3,(H,34,39)(H,35,40)/t19-,25?,26-,33?/m0/s1. The number of benzene rings is 3. The highest BCUT2D eigenvalue weighted by Crippen LogP contribution is 2.38. The molecule has 2 fully saturated rings. The van der Waals surface area contributed by atoms with Gasteiger partial charge in [0, 0.05) is 28.8 Å². The monoisotopic (exact) mass is 581 g/mol. The van der Waals surface area contributed by atoms with Gasteiger partial charge in [0.2, 0.25) is 18.1 Å². The summed E-state index contributed by atoms with van der Waals surface area (Å²) in [6, 6.07) is 19.1. The molecule has 0 radical (unpaired) electrons. The second-order valence-electron chi connectivity index (χ2n) is 11.0. The minimum atomic E-state index is -0.940. The zero-order valence-electron chi connectivity index (χ0n) is 23.6. The van der Waals surface area contributed by atoms with Crippen LogP contribution in [0.5, 0.6) is 0 Å². The van der Waals surface area contributed by atoms with Crippen LogP contribution < -0.4 is 10.6 Å². The third kappa shape index (κ3) is 5.53. The van der Waals surface area contributed by atoms with Gasteiger partial charge in [-0.15, -0.1) is 0 Å². The molecule has 3 aromatic carbocycles. The summed E-state index contributed by atoms with van der Waals surface area (Å²) in [5, 5.41) is 5.62. The highest BCUT2D eigenvalue weighted by Gasteiger charge is 2.42. The molecule has 0 spiro atoms. The molecule has 2 unspecified atom stereocenters. The van der Waals surface area contributed by atoms with Gasteiger partial charge >= 0.3 is 5.97 Å². The molecule has 1 aliphatic carbocycles. The molecule has 3 aromatic rings. The molecule has 3 amide bonds. The van der Waals surface area contributed by atoms with Crippen molar-refractivity contribution < 1.29 is 33.4 Å². The smallest absolute Gasteiger partial charge is 0.310 e. The number of hydrogen-bond donors (Lipinski definition) is 2. The van der Waals surface area contributed by atoms with Gasteiger partial charge in [0.1, 0.15) is 18.1 Å². The molecule has 2 heterocycles. The molecule has 0 saturated carbocycles. The lowest BCUT2D eigenvalue weighted by Gasteiger charge is -2.28. The Morgan fingerprint density at radius 3 is 2.47 bits per heavy atom. The van der Waals surface area contributed by atoms with Crippen molar-refractivity contribution in [1.82, 2.24) is 15.5 Å². The number of nitrogens with zero attached hydrogens (tertiary/aromatic N) is 1. The van der Waals surface area contributed by atoms with Crippen LogP contribution in [0.1, 0.15) is 58.0 Å². The Balaban J connectivity index is 1.10. The summed E-state index contributed by atoms with van der Waals surface area (Å²) in [5.74, 6) is -1.90. The fraction of sp³-hybridized carbons (Fsp3) is 0.303. The molecule has 4 atom stereocenters. The normalized spacial score (nSPS) is 21.1. The molecule has 0 bridgehead atoms. The molecule has 10 nitrogen and oxygen atoms in total. The van der Waals surface area contributed by atoms with Gasteiger partial charge in [-0.05, 0) is 37.0 Å². The van der Waals surface area contributed by atoms with Crippen LogP contribution in [0.4, 0.5) is 0 Å². The number of amides is 3. The fourth-order valence-electron chi connectivity index (χ4n) is 5.99. The Kier molecular flexibility index (Phi) is 7.77. The Morgan fingerprint density at radius 2 is 1.67 bits per heavy atom. The maximum Gasteiger partial charge on any atom is 0.310 e. The second kappa shape index (κ2) is 11.8. The van der Waals surface area contributed by atoms with Gasteiger partial charge in [0.15, 0.2) is 5.78 Å². The summed E-state index contributed by atoms with van der Waals surface area (Å²) in [5.41, 5.74) is 3.42. The van der Waals surface area contributed by atoms with Crippen LogP contribution in [0.15, 0.2) is 72.8 Å². The van der Waals surface area contributed by atoms with E-state index in [2.05, 4.69) is 10.6 Å². The zero-order valence-corrected chi connectivity index (χ0v) is 23.6. The average molecular weight is 582 g/mol. The van der Waals surface area contributed by atoms with E-state index in [1.807, 2.05) is 36.4 Å². The minimum absolute atomic E-state index is 0.0364. The largest absolute Gasteiger partial charge is 0.433 e. The van der Waals surface area contributed by atoms with Gasteiger partial charge in [-0.1, -0.05) is 66.7 Å². The van der Waals surface area contributed by atoms with Crippen molar-refractivity contribution in [3.05, 3.63) is 95.1 Å². The molecule has 2 aliphatic heterocycles.